The van der Waals surface area contributed by atoms with Crippen molar-refractivity contribution in [3.8, 4) is 0 Å². The van der Waals surface area contributed by atoms with Crippen molar-refractivity contribution in [2.24, 2.45) is 5.84 Å². The zero-order valence-corrected chi connectivity index (χ0v) is 10.0. The van der Waals surface area contributed by atoms with Crippen LogP contribution in [-0.2, 0) is 6.42 Å². The van der Waals surface area contributed by atoms with E-state index < -0.39 is 11.6 Å². The molecular formula is C12H11ClF2N2O. The van der Waals surface area contributed by atoms with Crippen LogP contribution < -0.4 is 11.3 Å². The molecule has 0 saturated heterocycles. The molecule has 0 fully saturated rings. The van der Waals surface area contributed by atoms with Gasteiger partial charge < -0.3 is 4.42 Å². The number of nitrogens with two attached hydrogens (primary N) is 1. The van der Waals surface area contributed by atoms with Gasteiger partial charge in [0.1, 0.15) is 0 Å². The third-order valence-electron chi connectivity index (χ3n) is 2.65. The summed E-state index contributed by atoms with van der Waals surface area (Å²) in [6, 6.07) is 5.05. The van der Waals surface area contributed by atoms with Crippen molar-refractivity contribution in [2.45, 2.75) is 12.5 Å². The maximum Gasteiger partial charge on any atom is 0.197 e. The quantitative estimate of drug-likeness (QED) is 0.665. The standard InChI is InChI=1S/C12H11ClF2N2O/c13-12-8(3-4-18-12)11(17-16)6-7-1-2-9(14)10(15)5-7/h1-5,11,17H,6,16H2. The predicted molar refractivity (Wildman–Crippen MR) is 63.8 cm³/mol. The summed E-state index contributed by atoms with van der Waals surface area (Å²) in [6.07, 6.45) is 1.81. The van der Waals surface area contributed by atoms with Crippen molar-refractivity contribution >= 4 is 11.6 Å². The molecular weight excluding hydrogens is 262 g/mol. The summed E-state index contributed by atoms with van der Waals surface area (Å²) in [5.74, 6) is 3.67. The van der Waals surface area contributed by atoms with E-state index in [0.717, 1.165) is 12.1 Å². The first-order valence-electron chi connectivity index (χ1n) is 5.24. The van der Waals surface area contributed by atoms with Crippen molar-refractivity contribution in [3.63, 3.8) is 0 Å². The van der Waals surface area contributed by atoms with Crippen LogP contribution in [0.5, 0.6) is 0 Å². The molecule has 3 N–H and O–H groups in total. The SMILES string of the molecule is NNC(Cc1ccc(F)c(F)c1)c1ccoc1Cl. The van der Waals surface area contributed by atoms with E-state index >= 15 is 0 Å². The molecule has 1 atom stereocenters. The normalized spacial score (nSPS) is 12.7. The maximum absolute atomic E-state index is 13.1. The fourth-order valence-electron chi connectivity index (χ4n) is 1.71. The average molecular weight is 273 g/mol. The average Bonchev–Trinajstić information content (AvgIpc) is 2.77. The molecule has 6 heteroatoms. The minimum Gasteiger partial charge on any atom is -0.453 e. The molecule has 0 amide bonds. The lowest BCUT2D eigenvalue weighted by Crippen LogP contribution is -2.29. The summed E-state index contributed by atoms with van der Waals surface area (Å²) in [7, 11) is 0. The molecule has 1 aromatic heterocycles. The Labute approximate surface area is 108 Å². The largest absolute Gasteiger partial charge is 0.453 e. The van der Waals surface area contributed by atoms with Gasteiger partial charge in [0.05, 0.1) is 12.3 Å². The number of furan rings is 1. The van der Waals surface area contributed by atoms with Crippen molar-refractivity contribution in [2.75, 3.05) is 0 Å². The summed E-state index contributed by atoms with van der Waals surface area (Å²) < 4.78 is 30.9. The highest BCUT2D eigenvalue weighted by Gasteiger charge is 2.17. The van der Waals surface area contributed by atoms with Crippen molar-refractivity contribution < 1.29 is 13.2 Å². The Balaban J connectivity index is 2.20. The Morgan fingerprint density at radius 1 is 1.28 bits per heavy atom. The lowest BCUT2D eigenvalue weighted by Gasteiger charge is -2.14. The van der Waals surface area contributed by atoms with Crippen molar-refractivity contribution in [3.05, 3.63) is 58.5 Å². The molecule has 0 aliphatic rings. The van der Waals surface area contributed by atoms with Crippen molar-refractivity contribution in [1.29, 1.82) is 0 Å². The smallest absolute Gasteiger partial charge is 0.197 e. The zero-order chi connectivity index (χ0) is 13.1. The van der Waals surface area contributed by atoms with Gasteiger partial charge in [-0.2, -0.15) is 0 Å². The van der Waals surface area contributed by atoms with Gasteiger partial charge in [-0.3, -0.25) is 11.3 Å². The molecule has 1 unspecified atom stereocenters. The minimum atomic E-state index is -0.887. The van der Waals surface area contributed by atoms with E-state index in [2.05, 4.69) is 5.43 Å². The predicted octanol–water partition coefficient (Wildman–Crippen LogP) is 2.96. The summed E-state index contributed by atoms with van der Waals surface area (Å²) in [5.41, 5.74) is 3.84. The van der Waals surface area contributed by atoms with Crippen LogP contribution in [0.1, 0.15) is 17.2 Å². The molecule has 0 saturated carbocycles. The number of benzene rings is 1. The van der Waals surface area contributed by atoms with Crippen molar-refractivity contribution in [1.82, 2.24) is 5.43 Å². The molecule has 3 nitrogen and oxygen atoms in total. The van der Waals surface area contributed by atoms with E-state index in [1.54, 1.807) is 6.07 Å². The van der Waals surface area contributed by atoms with Gasteiger partial charge in [-0.15, -0.1) is 0 Å². The highest BCUT2D eigenvalue weighted by molar-refractivity contribution is 6.29. The van der Waals surface area contributed by atoms with E-state index in [1.807, 2.05) is 0 Å². The third kappa shape index (κ3) is 2.69. The Morgan fingerprint density at radius 3 is 2.61 bits per heavy atom. The summed E-state index contributed by atoms with van der Waals surface area (Å²) in [6.45, 7) is 0. The summed E-state index contributed by atoms with van der Waals surface area (Å²) in [5, 5.41) is 0.223. The molecule has 2 rings (SSSR count). The van der Waals surface area contributed by atoms with E-state index in [-0.39, 0.29) is 11.3 Å². The second kappa shape index (κ2) is 5.48. The lowest BCUT2D eigenvalue weighted by molar-refractivity contribution is 0.500. The van der Waals surface area contributed by atoms with Crippen LogP contribution in [0.2, 0.25) is 5.22 Å². The van der Waals surface area contributed by atoms with Gasteiger partial charge in [0.15, 0.2) is 16.9 Å². The van der Waals surface area contributed by atoms with E-state index in [0.29, 0.717) is 17.5 Å². The van der Waals surface area contributed by atoms with Crippen LogP contribution in [0.15, 0.2) is 34.9 Å². The van der Waals surface area contributed by atoms with Crippen LogP contribution in [0, 0.1) is 11.6 Å². The molecule has 0 aliphatic carbocycles. The first-order valence-corrected chi connectivity index (χ1v) is 5.62. The molecule has 0 aliphatic heterocycles. The molecule has 18 heavy (non-hydrogen) atoms. The Bertz CT molecular complexity index is 545. The third-order valence-corrected chi connectivity index (χ3v) is 2.95. The van der Waals surface area contributed by atoms with Gasteiger partial charge in [0.2, 0.25) is 0 Å². The highest BCUT2D eigenvalue weighted by Crippen LogP contribution is 2.26. The lowest BCUT2D eigenvalue weighted by atomic mass is 10.0. The Morgan fingerprint density at radius 2 is 2.06 bits per heavy atom. The molecule has 96 valence electrons. The first kappa shape index (κ1) is 13.0. The van der Waals surface area contributed by atoms with Crippen LogP contribution in [0.3, 0.4) is 0 Å². The number of halogens is 3. The number of rotatable bonds is 4. The van der Waals surface area contributed by atoms with Gasteiger partial charge in [0, 0.05) is 5.56 Å². The Kier molecular flexibility index (Phi) is 3.96. The van der Waals surface area contributed by atoms with E-state index in [4.69, 9.17) is 21.9 Å². The minimum absolute atomic E-state index is 0.223. The van der Waals surface area contributed by atoms with Crippen LogP contribution in [0.4, 0.5) is 8.78 Å². The second-order valence-electron chi connectivity index (χ2n) is 3.82. The first-order chi connectivity index (χ1) is 8.61. The zero-order valence-electron chi connectivity index (χ0n) is 9.29. The molecule has 2 aromatic rings. The highest BCUT2D eigenvalue weighted by atomic mass is 35.5. The molecule has 0 bridgehead atoms. The topological polar surface area (TPSA) is 51.2 Å². The van der Waals surface area contributed by atoms with Gasteiger partial charge in [0.25, 0.3) is 0 Å². The monoisotopic (exact) mass is 272 g/mol. The molecule has 1 heterocycles. The number of hydrogen-bond donors (Lipinski definition) is 2. The van der Waals surface area contributed by atoms with E-state index in [1.165, 1.54) is 12.3 Å². The summed E-state index contributed by atoms with van der Waals surface area (Å²) in [4.78, 5) is 0. The second-order valence-corrected chi connectivity index (χ2v) is 4.16. The molecule has 0 radical (unpaired) electrons. The molecule has 1 aromatic carbocycles. The number of nitrogens with one attached hydrogen (secondary N) is 1. The fraction of sp³-hybridized carbons (Fsp3) is 0.167. The van der Waals surface area contributed by atoms with Gasteiger partial charge in [-0.1, -0.05) is 6.07 Å². The fourth-order valence-corrected chi connectivity index (χ4v) is 1.96. The van der Waals surface area contributed by atoms with Gasteiger partial charge >= 0.3 is 0 Å². The van der Waals surface area contributed by atoms with Gasteiger partial charge in [-0.25, -0.2) is 8.78 Å². The molecule has 0 spiro atoms. The van der Waals surface area contributed by atoms with Crippen LogP contribution in [0.25, 0.3) is 0 Å². The number of hydrazine groups is 1. The van der Waals surface area contributed by atoms with Crippen LogP contribution >= 0.6 is 11.6 Å². The number of hydrogen-bond acceptors (Lipinski definition) is 3. The summed E-state index contributed by atoms with van der Waals surface area (Å²) >= 11 is 5.84. The van der Waals surface area contributed by atoms with E-state index in [9.17, 15) is 8.78 Å². The Hall–Kier alpha value is -1.43. The van der Waals surface area contributed by atoms with Gasteiger partial charge in [-0.05, 0) is 41.8 Å². The maximum atomic E-state index is 13.1. The van der Waals surface area contributed by atoms with Crippen LogP contribution in [-0.4, -0.2) is 0 Å².